The van der Waals surface area contributed by atoms with Gasteiger partial charge in [0.05, 0.1) is 26.4 Å². The van der Waals surface area contributed by atoms with Crippen LogP contribution in [-0.2, 0) is 11.2 Å². The first-order chi connectivity index (χ1) is 9.71. The summed E-state index contributed by atoms with van der Waals surface area (Å²) in [4.78, 5) is 0. The van der Waals surface area contributed by atoms with Crippen molar-refractivity contribution in [1.29, 1.82) is 0 Å². The molecule has 0 aliphatic heterocycles. The number of nitrogens with two attached hydrogens (primary N) is 1. The summed E-state index contributed by atoms with van der Waals surface area (Å²) in [6.07, 6.45) is 0.602. The molecule has 0 atom stereocenters. The minimum absolute atomic E-state index is 0.350. The minimum Gasteiger partial charge on any atom is -0.493 e. The van der Waals surface area contributed by atoms with E-state index in [-0.39, 0.29) is 0 Å². The maximum Gasteiger partial charge on any atom is 0.175 e. The molecule has 0 unspecified atom stereocenters. The van der Waals surface area contributed by atoms with Crippen LogP contribution in [0.15, 0.2) is 22.7 Å². The average Bonchev–Trinajstić information content (AvgIpc) is 2.85. The molecule has 20 heavy (non-hydrogen) atoms. The van der Waals surface area contributed by atoms with Crippen molar-refractivity contribution >= 4 is 5.82 Å². The van der Waals surface area contributed by atoms with Gasteiger partial charge in [0.25, 0.3) is 0 Å². The van der Waals surface area contributed by atoms with Crippen LogP contribution in [-0.4, -0.2) is 33.1 Å². The SMILES string of the molecule is COCCc1onc(N)c1-c1ccc(OC)c(OC)c1. The number of aromatic nitrogens is 1. The molecule has 2 aromatic rings. The Bertz CT molecular complexity index is 581. The molecule has 0 spiro atoms. The summed E-state index contributed by atoms with van der Waals surface area (Å²) in [5, 5.41) is 3.82. The number of anilines is 1. The molecule has 0 aliphatic carbocycles. The van der Waals surface area contributed by atoms with Gasteiger partial charge in [-0.15, -0.1) is 0 Å². The maximum absolute atomic E-state index is 5.89. The number of benzene rings is 1. The zero-order valence-electron chi connectivity index (χ0n) is 11.8. The summed E-state index contributed by atoms with van der Waals surface area (Å²) in [5.74, 6) is 2.33. The molecule has 0 bridgehead atoms. The van der Waals surface area contributed by atoms with Gasteiger partial charge in [-0.05, 0) is 17.7 Å². The van der Waals surface area contributed by atoms with Crippen LogP contribution in [0.2, 0.25) is 0 Å². The predicted octanol–water partition coefficient (Wildman–Crippen LogP) is 2.13. The van der Waals surface area contributed by atoms with Gasteiger partial charge < -0.3 is 24.5 Å². The Balaban J connectivity index is 2.43. The summed E-state index contributed by atoms with van der Waals surface area (Å²) in [6, 6.07) is 5.55. The monoisotopic (exact) mass is 278 g/mol. The van der Waals surface area contributed by atoms with Crippen LogP contribution >= 0.6 is 0 Å². The van der Waals surface area contributed by atoms with Crippen molar-refractivity contribution in [2.24, 2.45) is 0 Å². The zero-order chi connectivity index (χ0) is 14.5. The molecule has 2 rings (SSSR count). The minimum atomic E-state index is 0.350. The van der Waals surface area contributed by atoms with Gasteiger partial charge in [0.2, 0.25) is 0 Å². The van der Waals surface area contributed by atoms with Crippen LogP contribution in [0.5, 0.6) is 11.5 Å². The van der Waals surface area contributed by atoms with Gasteiger partial charge in [-0.1, -0.05) is 11.2 Å². The number of nitrogens with zero attached hydrogens (tertiary/aromatic N) is 1. The van der Waals surface area contributed by atoms with Crippen LogP contribution < -0.4 is 15.2 Å². The number of ether oxygens (including phenoxy) is 3. The van der Waals surface area contributed by atoms with Gasteiger partial charge in [0.1, 0.15) is 5.76 Å². The molecule has 1 aromatic carbocycles. The Hall–Kier alpha value is -2.21. The summed E-state index contributed by atoms with van der Waals surface area (Å²) in [7, 11) is 4.82. The lowest BCUT2D eigenvalue weighted by molar-refractivity contribution is 0.193. The number of methoxy groups -OCH3 is 3. The van der Waals surface area contributed by atoms with Gasteiger partial charge in [0.15, 0.2) is 17.3 Å². The molecule has 108 valence electrons. The summed E-state index contributed by atoms with van der Waals surface area (Å²) in [6.45, 7) is 0.537. The van der Waals surface area contributed by atoms with E-state index < -0.39 is 0 Å². The third kappa shape index (κ3) is 2.70. The van der Waals surface area contributed by atoms with Crippen molar-refractivity contribution in [2.45, 2.75) is 6.42 Å². The molecule has 0 radical (unpaired) electrons. The largest absolute Gasteiger partial charge is 0.493 e. The molecule has 1 aromatic heterocycles. The van der Waals surface area contributed by atoms with Crippen molar-refractivity contribution in [3.8, 4) is 22.6 Å². The van der Waals surface area contributed by atoms with E-state index in [1.807, 2.05) is 18.2 Å². The van der Waals surface area contributed by atoms with Crippen LogP contribution in [0.1, 0.15) is 5.76 Å². The zero-order valence-corrected chi connectivity index (χ0v) is 11.8. The second kappa shape index (κ2) is 6.29. The molecule has 6 nitrogen and oxygen atoms in total. The summed E-state index contributed by atoms with van der Waals surface area (Å²) < 4.78 is 20.8. The Morgan fingerprint density at radius 1 is 1.15 bits per heavy atom. The molecule has 2 N–H and O–H groups in total. The lowest BCUT2D eigenvalue weighted by Gasteiger charge is -2.09. The summed E-state index contributed by atoms with van der Waals surface area (Å²) in [5.41, 5.74) is 7.52. The van der Waals surface area contributed by atoms with Crippen molar-refractivity contribution in [2.75, 3.05) is 33.7 Å². The van der Waals surface area contributed by atoms with Crippen LogP contribution in [0.3, 0.4) is 0 Å². The van der Waals surface area contributed by atoms with E-state index in [1.165, 1.54) is 0 Å². The standard InChI is InChI=1S/C14H18N2O4/c1-17-7-6-11-13(14(15)16-20-11)9-4-5-10(18-2)12(8-9)19-3/h4-5,8H,6-7H2,1-3H3,(H2,15,16). The molecule has 6 heteroatoms. The molecule has 0 saturated carbocycles. The highest BCUT2D eigenvalue weighted by Gasteiger charge is 2.17. The average molecular weight is 278 g/mol. The van der Waals surface area contributed by atoms with E-state index in [1.54, 1.807) is 21.3 Å². The molecular formula is C14H18N2O4. The normalized spacial score (nSPS) is 10.6. The fraction of sp³-hybridized carbons (Fsp3) is 0.357. The van der Waals surface area contributed by atoms with Crippen molar-refractivity contribution in [3.05, 3.63) is 24.0 Å². The lowest BCUT2D eigenvalue weighted by atomic mass is 10.0. The van der Waals surface area contributed by atoms with Crippen molar-refractivity contribution < 1.29 is 18.7 Å². The highest BCUT2D eigenvalue weighted by molar-refractivity contribution is 5.77. The van der Waals surface area contributed by atoms with E-state index in [0.29, 0.717) is 36.1 Å². The van der Waals surface area contributed by atoms with Gasteiger partial charge in [0, 0.05) is 13.5 Å². The Labute approximate surface area is 117 Å². The first-order valence-corrected chi connectivity index (χ1v) is 6.16. The Kier molecular flexibility index (Phi) is 4.47. The Morgan fingerprint density at radius 2 is 1.90 bits per heavy atom. The molecule has 0 amide bonds. The third-order valence-corrected chi connectivity index (χ3v) is 2.99. The van der Waals surface area contributed by atoms with Gasteiger partial charge >= 0.3 is 0 Å². The molecule has 0 aliphatic rings. The Morgan fingerprint density at radius 3 is 2.55 bits per heavy atom. The molecular weight excluding hydrogens is 260 g/mol. The van der Waals surface area contributed by atoms with Gasteiger partial charge in [-0.3, -0.25) is 0 Å². The number of hydrogen-bond acceptors (Lipinski definition) is 6. The molecule has 0 fully saturated rings. The highest BCUT2D eigenvalue weighted by Crippen LogP contribution is 2.36. The topological polar surface area (TPSA) is 79.7 Å². The molecule has 1 heterocycles. The van der Waals surface area contributed by atoms with E-state index in [9.17, 15) is 0 Å². The van der Waals surface area contributed by atoms with Crippen LogP contribution in [0.4, 0.5) is 5.82 Å². The second-order valence-corrected chi connectivity index (χ2v) is 4.18. The highest BCUT2D eigenvalue weighted by atomic mass is 16.5. The van der Waals surface area contributed by atoms with Gasteiger partial charge in [-0.2, -0.15) is 0 Å². The van der Waals surface area contributed by atoms with Crippen LogP contribution in [0.25, 0.3) is 11.1 Å². The lowest BCUT2D eigenvalue weighted by Crippen LogP contribution is -1.97. The van der Waals surface area contributed by atoms with Crippen LogP contribution in [0, 0.1) is 0 Å². The summed E-state index contributed by atoms with van der Waals surface area (Å²) >= 11 is 0. The van der Waals surface area contributed by atoms with Crippen molar-refractivity contribution in [3.63, 3.8) is 0 Å². The first kappa shape index (κ1) is 14.2. The smallest absolute Gasteiger partial charge is 0.175 e. The number of rotatable bonds is 6. The maximum atomic E-state index is 5.89. The first-order valence-electron chi connectivity index (χ1n) is 6.16. The van der Waals surface area contributed by atoms with Crippen molar-refractivity contribution in [1.82, 2.24) is 5.16 Å². The number of nitrogen functional groups attached to an aromatic ring is 1. The predicted molar refractivity (Wildman–Crippen MR) is 75.0 cm³/mol. The fourth-order valence-electron chi connectivity index (χ4n) is 2.00. The van der Waals surface area contributed by atoms with E-state index in [2.05, 4.69) is 5.16 Å². The quantitative estimate of drug-likeness (QED) is 0.872. The van der Waals surface area contributed by atoms with Gasteiger partial charge in [-0.25, -0.2) is 0 Å². The fourth-order valence-corrected chi connectivity index (χ4v) is 2.00. The molecule has 0 saturated heterocycles. The van der Waals surface area contributed by atoms with E-state index in [4.69, 9.17) is 24.5 Å². The van der Waals surface area contributed by atoms with E-state index >= 15 is 0 Å². The van der Waals surface area contributed by atoms with E-state index in [0.717, 1.165) is 11.1 Å². The second-order valence-electron chi connectivity index (χ2n) is 4.18. The number of hydrogen-bond donors (Lipinski definition) is 1. The third-order valence-electron chi connectivity index (χ3n) is 2.99.